The molecule has 0 aliphatic heterocycles. The van der Waals surface area contributed by atoms with E-state index in [-0.39, 0.29) is 12.5 Å². The number of nitrogens with two attached hydrogens (primary N) is 1. The van der Waals surface area contributed by atoms with Gasteiger partial charge in [0.25, 0.3) is 0 Å². The zero-order valence-electron chi connectivity index (χ0n) is 6.93. The molecule has 0 saturated heterocycles. The van der Waals surface area contributed by atoms with E-state index in [0.29, 0.717) is 0 Å². The number of primary amides is 1. The van der Waals surface area contributed by atoms with Crippen LogP contribution in [0.5, 0.6) is 0 Å². The minimum absolute atomic E-state index is 0.256. The zero-order valence-corrected chi connectivity index (χ0v) is 6.93. The lowest BCUT2D eigenvalue weighted by Crippen LogP contribution is -2.29. The molecule has 66 valence electrons. The van der Waals surface area contributed by atoms with Gasteiger partial charge in [0.15, 0.2) is 0 Å². The van der Waals surface area contributed by atoms with Crippen LogP contribution in [0.3, 0.4) is 0 Å². The first kappa shape index (κ1) is 10.4. The molecule has 4 heteroatoms. The van der Waals surface area contributed by atoms with Crippen molar-refractivity contribution in [3.05, 3.63) is 0 Å². The van der Waals surface area contributed by atoms with Crippen LogP contribution >= 0.6 is 0 Å². The molecule has 0 saturated carbocycles. The molecule has 0 aromatic rings. The Hall–Kier alpha value is -0.610. The van der Waals surface area contributed by atoms with Crippen LogP contribution in [0.15, 0.2) is 0 Å². The summed E-state index contributed by atoms with van der Waals surface area (Å²) in [5.41, 5.74) is 4.90. The number of amides is 1. The minimum atomic E-state index is -0.318. The summed E-state index contributed by atoms with van der Waals surface area (Å²) in [6.07, 6.45) is 0.918. The fourth-order valence-electron chi connectivity index (χ4n) is 0.655. The van der Waals surface area contributed by atoms with E-state index < -0.39 is 0 Å². The Bertz CT molecular complexity index is 107. The normalized spacial score (nSPS) is 9.91. The van der Waals surface area contributed by atoms with Crippen LogP contribution in [0.25, 0.3) is 0 Å². The summed E-state index contributed by atoms with van der Waals surface area (Å²) < 4.78 is 5.08. The Morgan fingerprint density at radius 3 is 2.91 bits per heavy atom. The van der Waals surface area contributed by atoms with Crippen molar-refractivity contribution in [1.29, 1.82) is 0 Å². The molecule has 0 aliphatic rings. The zero-order chi connectivity index (χ0) is 8.53. The number of ether oxygens (including phenoxy) is 1. The van der Waals surface area contributed by atoms with E-state index in [4.69, 9.17) is 10.5 Å². The van der Waals surface area contributed by atoms with Crippen molar-refractivity contribution in [1.82, 2.24) is 5.32 Å². The van der Waals surface area contributed by atoms with E-state index in [0.717, 1.165) is 26.2 Å². The van der Waals surface area contributed by atoms with E-state index in [2.05, 4.69) is 5.32 Å². The lowest BCUT2D eigenvalue weighted by molar-refractivity contribution is -0.117. The summed E-state index contributed by atoms with van der Waals surface area (Å²) >= 11 is 0. The van der Waals surface area contributed by atoms with Crippen molar-refractivity contribution in [2.45, 2.75) is 13.3 Å². The van der Waals surface area contributed by atoms with Gasteiger partial charge in [-0.2, -0.15) is 0 Å². The minimum Gasteiger partial charge on any atom is -0.382 e. The number of nitrogens with one attached hydrogen (secondary N) is 1. The average molecular weight is 160 g/mol. The molecule has 0 spiro atoms. The molecule has 0 aliphatic carbocycles. The maximum absolute atomic E-state index is 10.2. The molecule has 4 nitrogen and oxygen atoms in total. The second kappa shape index (κ2) is 7.50. The molecule has 0 atom stereocenters. The molecule has 0 bridgehead atoms. The van der Waals surface area contributed by atoms with Crippen LogP contribution in [0.1, 0.15) is 13.3 Å². The van der Waals surface area contributed by atoms with Gasteiger partial charge in [0, 0.05) is 13.2 Å². The maximum Gasteiger partial charge on any atom is 0.231 e. The lowest BCUT2D eigenvalue weighted by atomic mass is 10.4. The highest BCUT2D eigenvalue weighted by Crippen LogP contribution is 1.78. The average Bonchev–Trinajstić information content (AvgIpc) is 1.96. The van der Waals surface area contributed by atoms with Crippen LogP contribution in [-0.4, -0.2) is 32.2 Å². The largest absolute Gasteiger partial charge is 0.382 e. The van der Waals surface area contributed by atoms with Gasteiger partial charge in [0.2, 0.25) is 5.91 Å². The number of carbonyl (C=O) groups is 1. The molecule has 0 unspecified atom stereocenters. The maximum atomic E-state index is 10.2. The number of hydrogen-bond acceptors (Lipinski definition) is 3. The predicted molar refractivity (Wildman–Crippen MR) is 43.2 cm³/mol. The van der Waals surface area contributed by atoms with Gasteiger partial charge < -0.3 is 15.8 Å². The predicted octanol–water partition coefficient (Wildman–Crippen LogP) is -0.512. The molecule has 3 N–H and O–H groups in total. The highest BCUT2D eigenvalue weighted by atomic mass is 16.5. The van der Waals surface area contributed by atoms with E-state index in [1.165, 1.54) is 0 Å². The van der Waals surface area contributed by atoms with Crippen LogP contribution < -0.4 is 11.1 Å². The third-order valence-corrected chi connectivity index (χ3v) is 1.15. The molecule has 0 aromatic heterocycles. The number of carbonyl (C=O) groups excluding carboxylic acids is 1. The number of rotatable bonds is 7. The Morgan fingerprint density at radius 2 is 2.36 bits per heavy atom. The van der Waals surface area contributed by atoms with E-state index >= 15 is 0 Å². The van der Waals surface area contributed by atoms with Crippen LogP contribution in [0, 0.1) is 0 Å². The quantitative estimate of drug-likeness (QED) is 0.493. The van der Waals surface area contributed by atoms with Gasteiger partial charge >= 0.3 is 0 Å². The van der Waals surface area contributed by atoms with Crippen LogP contribution in [-0.2, 0) is 9.53 Å². The van der Waals surface area contributed by atoms with E-state index in [1.807, 2.05) is 6.92 Å². The monoisotopic (exact) mass is 160 g/mol. The highest BCUT2D eigenvalue weighted by molar-refractivity contribution is 5.75. The first-order chi connectivity index (χ1) is 5.27. The van der Waals surface area contributed by atoms with Gasteiger partial charge in [-0.15, -0.1) is 0 Å². The summed E-state index contributed by atoms with van der Waals surface area (Å²) in [5.74, 6) is -0.318. The lowest BCUT2D eigenvalue weighted by Gasteiger charge is -2.01. The molecule has 0 rings (SSSR count). The van der Waals surface area contributed by atoms with Crippen molar-refractivity contribution >= 4 is 5.91 Å². The Morgan fingerprint density at radius 1 is 1.64 bits per heavy atom. The third kappa shape index (κ3) is 9.39. The molecule has 1 amide bonds. The highest BCUT2D eigenvalue weighted by Gasteiger charge is 1.91. The fourth-order valence-corrected chi connectivity index (χ4v) is 0.655. The molecular formula is C7H16N2O2. The van der Waals surface area contributed by atoms with Crippen molar-refractivity contribution in [3.63, 3.8) is 0 Å². The molecule has 0 radical (unpaired) electrons. The van der Waals surface area contributed by atoms with Gasteiger partial charge in [-0.1, -0.05) is 0 Å². The first-order valence-corrected chi connectivity index (χ1v) is 3.84. The SMILES string of the molecule is CCOCCCNCC(N)=O. The Kier molecular flexibility index (Phi) is 7.08. The molecule has 0 fully saturated rings. The Balaban J connectivity index is 2.85. The van der Waals surface area contributed by atoms with Crippen LogP contribution in [0.4, 0.5) is 0 Å². The van der Waals surface area contributed by atoms with Crippen molar-refractivity contribution in [2.75, 3.05) is 26.3 Å². The summed E-state index contributed by atoms with van der Waals surface area (Å²) in [6.45, 7) is 4.48. The summed E-state index contributed by atoms with van der Waals surface area (Å²) in [7, 11) is 0. The van der Waals surface area contributed by atoms with Gasteiger partial charge in [0.05, 0.1) is 6.54 Å². The molecular weight excluding hydrogens is 144 g/mol. The van der Waals surface area contributed by atoms with Crippen molar-refractivity contribution < 1.29 is 9.53 Å². The molecule has 0 heterocycles. The second-order valence-electron chi connectivity index (χ2n) is 2.19. The van der Waals surface area contributed by atoms with Gasteiger partial charge in [-0.3, -0.25) is 4.79 Å². The summed E-state index contributed by atoms with van der Waals surface area (Å²) in [6, 6.07) is 0. The van der Waals surface area contributed by atoms with E-state index in [9.17, 15) is 4.79 Å². The first-order valence-electron chi connectivity index (χ1n) is 3.84. The van der Waals surface area contributed by atoms with Crippen molar-refractivity contribution in [3.8, 4) is 0 Å². The molecule has 0 aromatic carbocycles. The smallest absolute Gasteiger partial charge is 0.231 e. The second-order valence-corrected chi connectivity index (χ2v) is 2.19. The topological polar surface area (TPSA) is 64.3 Å². The summed E-state index contributed by atoms with van der Waals surface area (Å²) in [4.78, 5) is 10.2. The molecule has 11 heavy (non-hydrogen) atoms. The third-order valence-electron chi connectivity index (χ3n) is 1.15. The van der Waals surface area contributed by atoms with E-state index in [1.54, 1.807) is 0 Å². The van der Waals surface area contributed by atoms with Crippen molar-refractivity contribution in [2.24, 2.45) is 5.73 Å². The van der Waals surface area contributed by atoms with Gasteiger partial charge in [0.1, 0.15) is 0 Å². The van der Waals surface area contributed by atoms with Gasteiger partial charge in [-0.25, -0.2) is 0 Å². The Labute approximate surface area is 67.1 Å². The van der Waals surface area contributed by atoms with Gasteiger partial charge in [-0.05, 0) is 19.9 Å². The summed E-state index contributed by atoms with van der Waals surface area (Å²) in [5, 5.41) is 2.89. The fraction of sp³-hybridized carbons (Fsp3) is 0.857. The van der Waals surface area contributed by atoms with Crippen LogP contribution in [0.2, 0.25) is 0 Å². The number of hydrogen-bond donors (Lipinski definition) is 2. The standard InChI is InChI=1S/C7H16N2O2/c1-2-11-5-3-4-9-6-7(8)10/h9H,2-6H2,1H3,(H2,8,10).